The summed E-state index contributed by atoms with van der Waals surface area (Å²) in [5.41, 5.74) is 0. The Balaban J connectivity index is 3.39. The molecule has 0 aliphatic rings. The Morgan fingerprint density at radius 1 is 0.433 bits per heavy atom. The number of unbranched alkanes of at least 4 members (excludes halogenated alkanes) is 20. The van der Waals surface area contributed by atoms with Crippen LogP contribution in [0.15, 0.2) is 5.18 Å². The largest absolute Gasteiger partial charge is 0.151 e. The average Bonchev–Trinajstić information content (AvgIpc) is 2.75. The van der Waals surface area contributed by atoms with Gasteiger partial charge in [0.05, 0.1) is 6.54 Å². The third kappa shape index (κ3) is 23.9. The summed E-state index contributed by atoms with van der Waals surface area (Å²) >= 11 is 0. The maximum atomic E-state index is 10.8. The van der Waals surface area contributed by atoms with Gasteiger partial charge in [0, 0.05) is 0 Å². The van der Waals surface area contributed by atoms with Crippen molar-refractivity contribution in [2.24, 2.45) is 11.1 Å². The Kier molecular flexibility index (Phi) is 26.3. The lowest BCUT2D eigenvalue weighted by Crippen LogP contribution is -2.04. The topological polar surface area (TPSA) is 29.4 Å². The highest BCUT2D eigenvalue weighted by Crippen LogP contribution is 2.20. The Morgan fingerprint density at radius 3 is 0.967 bits per heavy atom. The van der Waals surface area contributed by atoms with E-state index < -0.39 is 0 Å². The molecule has 0 bridgehead atoms. The third-order valence-corrected chi connectivity index (χ3v) is 6.76. The second kappa shape index (κ2) is 26.6. The lowest BCUT2D eigenvalue weighted by molar-refractivity contribution is 0.409. The molecule has 30 heavy (non-hydrogen) atoms. The number of hydrogen-bond donors (Lipinski definition) is 0. The van der Waals surface area contributed by atoms with E-state index in [0.29, 0.717) is 12.5 Å². The minimum absolute atomic E-state index is 0.551. The first-order chi connectivity index (χ1) is 14.8. The molecule has 2 heteroatoms. The zero-order chi connectivity index (χ0) is 22.0. The van der Waals surface area contributed by atoms with Crippen molar-refractivity contribution < 1.29 is 0 Å². The summed E-state index contributed by atoms with van der Waals surface area (Å²) in [7, 11) is 0. The lowest BCUT2D eigenvalue weighted by atomic mass is 9.94. The highest BCUT2D eigenvalue weighted by atomic mass is 16.3. The maximum Gasteiger partial charge on any atom is 0.0839 e. The summed E-state index contributed by atoms with van der Waals surface area (Å²) in [6, 6.07) is 0. The van der Waals surface area contributed by atoms with Crippen molar-refractivity contribution in [3.05, 3.63) is 4.91 Å². The molecule has 0 saturated heterocycles. The molecule has 0 saturated carbocycles. The van der Waals surface area contributed by atoms with Crippen molar-refractivity contribution in [2.45, 2.75) is 168 Å². The predicted octanol–water partition coefficient (Wildman–Crippen LogP) is 10.8. The van der Waals surface area contributed by atoms with Crippen LogP contribution in [0.1, 0.15) is 168 Å². The van der Waals surface area contributed by atoms with Gasteiger partial charge in [-0.15, -0.1) is 0 Å². The molecule has 0 spiro atoms. The summed E-state index contributed by atoms with van der Waals surface area (Å²) in [6.45, 7) is 5.12. The summed E-state index contributed by atoms with van der Waals surface area (Å²) in [5, 5.41) is 3.22. The van der Waals surface area contributed by atoms with Gasteiger partial charge >= 0.3 is 0 Å². The van der Waals surface area contributed by atoms with Crippen LogP contribution in [0.2, 0.25) is 0 Å². The van der Waals surface area contributed by atoms with Crippen molar-refractivity contribution in [3.63, 3.8) is 0 Å². The first kappa shape index (κ1) is 29.6. The van der Waals surface area contributed by atoms with E-state index in [1.165, 1.54) is 154 Å². The van der Waals surface area contributed by atoms with E-state index in [0.717, 1.165) is 0 Å². The van der Waals surface area contributed by atoms with E-state index in [1.54, 1.807) is 0 Å². The summed E-state index contributed by atoms with van der Waals surface area (Å²) in [5.74, 6) is 0.555. The van der Waals surface area contributed by atoms with Gasteiger partial charge in [0.25, 0.3) is 0 Å². The number of nitroso groups, excluding NO2 is 1. The van der Waals surface area contributed by atoms with Gasteiger partial charge in [0.15, 0.2) is 0 Å². The molecule has 0 aliphatic carbocycles. The van der Waals surface area contributed by atoms with E-state index in [2.05, 4.69) is 19.0 Å². The van der Waals surface area contributed by atoms with Gasteiger partial charge in [0.2, 0.25) is 0 Å². The maximum absolute atomic E-state index is 10.8. The minimum atomic E-state index is 0.551. The van der Waals surface area contributed by atoms with Crippen molar-refractivity contribution in [1.29, 1.82) is 0 Å². The van der Waals surface area contributed by atoms with Crippen LogP contribution in [-0.4, -0.2) is 6.54 Å². The van der Waals surface area contributed by atoms with Gasteiger partial charge in [-0.3, -0.25) is 0 Å². The molecule has 2 nitrogen and oxygen atoms in total. The molecule has 0 aromatic carbocycles. The highest BCUT2D eigenvalue weighted by Gasteiger charge is 2.08. The molecule has 0 N–H and O–H groups in total. The predicted molar refractivity (Wildman–Crippen MR) is 136 cm³/mol. The van der Waals surface area contributed by atoms with Crippen molar-refractivity contribution >= 4 is 0 Å². The van der Waals surface area contributed by atoms with Crippen LogP contribution < -0.4 is 0 Å². The standard InChI is InChI=1S/C28H57NO/c1-3-5-7-9-11-13-14-15-16-18-20-22-24-26-28(27-29-30)25-23-21-19-17-12-10-8-6-4-2/h28H,3-27H2,1-2H3. The fraction of sp³-hybridized carbons (Fsp3) is 1.00. The second-order valence-corrected chi connectivity index (χ2v) is 9.83. The van der Waals surface area contributed by atoms with Crippen LogP contribution in [0.3, 0.4) is 0 Å². The smallest absolute Gasteiger partial charge is 0.0839 e. The molecule has 1 unspecified atom stereocenters. The number of rotatable bonds is 26. The summed E-state index contributed by atoms with van der Waals surface area (Å²) in [4.78, 5) is 10.8. The van der Waals surface area contributed by atoms with Gasteiger partial charge in [-0.25, -0.2) is 0 Å². The fourth-order valence-corrected chi connectivity index (χ4v) is 4.63. The average molecular weight is 424 g/mol. The van der Waals surface area contributed by atoms with E-state index in [9.17, 15) is 4.91 Å². The van der Waals surface area contributed by atoms with Crippen LogP contribution in [0, 0.1) is 10.8 Å². The molecule has 0 aromatic heterocycles. The highest BCUT2D eigenvalue weighted by molar-refractivity contribution is 4.63. The quantitative estimate of drug-likeness (QED) is 0.100. The van der Waals surface area contributed by atoms with E-state index in [4.69, 9.17) is 0 Å². The molecule has 0 aromatic rings. The number of hydrogen-bond acceptors (Lipinski definition) is 2. The van der Waals surface area contributed by atoms with Crippen molar-refractivity contribution in [2.75, 3.05) is 6.54 Å². The zero-order valence-electron chi connectivity index (χ0n) is 21.1. The molecular weight excluding hydrogens is 366 g/mol. The van der Waals surface area contributed by atoms with E-state index in [-0.39, 0.29) is 0 Å². The fourth-order valence-electron chi connectivity index (χ4n) is 4.63. The van der Waals surface area contributed by atoms with Crippen molar-refractivity contribution in [3.8, 4) is 0 Å². The van der Waals surface area contributed by atoms with Crippen LogP contribution in [0.4, 0.5) is 0 Å². The molecule has 0 fully saturated rings. The third-order valence-electron chi connectivity index (χ3n) is 6.76. The van der Waals surface area contributed by atoms with Crippen LogP contribution in [0.5, 0.6) is 0 Å². The van der Waals surface area contributed by atoms with Crippen LogP contribution >= 0.6 is 0 Å². The Hall–Kier alpha value is -0.400. The molecule has 1 atom stereocenters. The molecular formula is C28H57NO. The lowest BCUT2D eigenvalue weighted by Gasteiger charge is -2.13. The van der Waals surface area contributed by atoms with E-state index in [1.807, 2.05) is 0 Å². The van der Waals surface area contributed by atoms with Crippen molar-refractivity contribution in [1.82, 2.24) is 0 Å². The Morgan fingerprint density at radius 2 is 0.700 bits per heavy atom. The molecule has 0 amide bonds. The van der Waals surface area contributed by atoms with Gasteiger partial charge in [-0.05, 0) is 18.8 Å². The molecule has 0 radical (unpaired) electrons. The Labute approximate surface area is 190 Å². The van der Waals surface area contributed by atoms with Crippen LogP contribution in [-0.2, 0) is 0 Å². The zero-order valence-corrected chi connectivity index (χ0v) is 21.1. The second-order valence-electron chi connectivity index (χ2n) is 9.83. The first-order valence-corrected chi connectivity index (χ1v) is 14.1. The van der Waals surface area contributed by atoms with Gasteiger partial charge < -0.3 is 0 Å². The van der Waals surface area contributed by atoms with Gasteiger partial charge in [0.1, 0.15) is 0 Å². The normalized spacial score (nSPS) is 12.3. The van der Waals surface area contributed by atoms with Crippen LogP contribution in [0.25, 0.3) is 0 Å². The molecule has 180 valence electrons. The minimum Gasteiger partial charge on any atom is -0.151 e. The Bertz CT molecular complexity index is 318. The molecule has 0 rings (SSSR count). The van der Waals surface area contributed by atoms with E-state index >= 15 is 0 Å². The summed E-state index contributed by atoms with van der Waals surface area (Å²) < 4.78 is 0. The molecule has 0 heterocycles. The van der Waals surface area contributed by atoms with Gasteiger partial charge in [-0.2, -0.15) is 4.91 Å². The summed E-state index contributed by atoms with van der Waals surface area (Å²) in [6.07, 6.45) is 33.2. The SMILES string of the molecule is CCCCCCCCCCCCCCCC(CCCCCCCCCCC)CN=O. The monoisotopic (exact) mass is 423 g/mol. The first-order valence-electron chi connectivity index (χ1n) is 14.1. The molecule has 0 aliphatic heterocycles. The number of nitrogens with zero attached hydrogens (tertiary/aromatic N) is 1. The van der Waals surface area contributed by atoms with Gasteiger partial charge in [-0.1, -0.05) is 160 Å².